The number of carbonyl (C=O) groups is 1. The van der Waals surface area contributed by atoms with Gasteiger partial charge in [-0.25, -0.2) is 0 Å². The van der Waals surface area contributed by atoms with Gasteiger partial charge in [0.1, 0.15) is 5.60 Å². The van der Waals surface area contributed by atoms with E-state index in [1.54, 1.807) is 0 Å². The van der Waals surface area contributed by atoms with E-state index in [1.165, 1.54) is 43.2 Å². The first-order valence-corrected chi connectivity index (χ1v) is 8.42. The van der Waals surface area contributed by atoms with Crippen molar-refractivity contribution in [2.45, 2.75) is 70.3 Å². The first kappa shape index (κ1) is 16.2. The van der Waals surface area contributed by atoms with Crippen molar-refractivity contribution in [3.8, 4) is 0 Å². The van der Waals surface area contributed by atoms with Crippen molar-refractivity contribution in [2.75, 3.05) is 6.61 Å². The molecule has 0 aliphatic carbocycles. The van der Waals surface area contributed by atoms with Crippen molar-refractivity contribution in [1.29, 1.82) is 0 Å². The Balaban J connectivity index is 1.91. The Kier molecular flexibility index (Phi) is 5.98. The van der Waals surface area contributed by atoms with Crippen LogP contribution in [0, 0.1) is 0 Å². The number of rotatable bonds is 10. The maximum Gasteiger partial charge on any atom is 0.154 e. The van der Waals surface area contributed by atoms with E-state index < -0.39 is 5.60 Å². The number of hydrogen-bond donors (Lipinski definition) is 0. The summed E-state index contributed by atoms with van der Waals surface area (Å²) in [6.07, 6.45) is 9.10. The minimum absolute atomic E-state index is 0.454. The van der Waals surface area contributed by atoms with Gasteiger partial charge in [0.2, 0.25) is 0 Å². The fraction of sp³-hybridized carbons (Fsp3) is 0.632. The molecule has 1 aliphatic heterocycles. The van der Waals surface area contributed by atoms with Crippen LogP contribution >= 0.6 is 0 Å². The van der Waals surface area contributed by atoms with Crippen LogP contribution in [0.1, 0.15) is 69.4 Å². The van der Waals surface area contributed by atoms with E-state index in [0.29, 0.717) is 12.5 Å². The van der Waals surface area contributed by atoms with Crippen LogP contribution in [-0.4, -0.2) is 18.5 Å². The highest BCUT2D eigenvalue weighted by Gasteiger charge is 2.43. The molecule has 0 aromatic heterocycles. The fourth-order valence-electron chi connectivity index (χ4n) is 2.95. The van der Waals surface area contributed by atoms with Crippen molar-refractivity contribution in [3.05, 3.63) is 35.4 Å². The van der Waals surface area contributed by atoms with Gasteiger partial charge in [0, 0.05) is 0 Å². The topological polar surface area (TPSA) is 29.6 Å². The Morgan fingerprint density at radius 2 is 1.90 bits per heavy atom. The van der Waals surface area contributed by atoms with Crippen LogP contribution in [0.3, 0.4) is 0 Å². The predicted octanol–water partition coefficient (Wildman–Crippen LogP) is 4.66. The first-order valence-electron chi connectivity index (χ1n) is 8.42. The maximum absolute atomic E-state index is 10.9. The summed E-state index contributed by atoms with van der Waals surface area (Å²) in [4.78, 5) is 10.9. The third kappa shape index (κ3) is 4.67. The summed E-state index contributed by atoms with van der Waals surface area (Å²) in [5.41, 5.74) is 2.33. The number of hydrogen-bond acceptors (Lipinski definition) is 2. The number of benzene rings is 1. The summed E-state index contributed by atoms with van der Waals surface area (Å²) in [7, 11) is 0. The zero-order valence-corrected chi connectivity index (χ0v) is 13.4. The van der Waals surface area contributed by atoms with Gasteiger partial charge < -0.3 is 9.53 Å². The minimum Gasteiger partial charge on any atom is -0.362 e. The Morgan fingerprint density at radius 1 is 1.19 bits per heavy atom. The predicted molar refractivity (Wildman–Crippen MR) is 86.7 cm³/mol. The summed E-state index contributed by atoms with van der Waals surface area (Å²) in [5.74, 6) is 0.706. The molecular weight excluding hydrogens is 260 g/mol. The van der Waals surface area contributed by atoms with Gasteiger partial charge in [0.15, 0.2) is 6.29 Å². The number of ether oxygens (including phenoxy) is 1. The number of aryl methyl sites for hydroxylation is 1. The molecule has 0 N–H and O–H groups in total. The lowest BCUT2D eigenvalue weighted by Gasteiger charge is -2.17. The molecule has 1 aliphatic rings. The lowest BCUT2D eigenvalue weighted by atomic mass is 9.89. The summed E-state index contributed by atoms with van der Waals surface area (Å²) in [6, 6.07) is 9.02. The molecule has 1 aromatic carbocycles. The van der Waals surface area contributed by atoms with Crippen molar-refractivity contribution >= 4 is 6.29 Å². The molecule has 1 saturated heterocycles. The molecule has 2 atom stereocenters. The summed E-state index contributed by atoms with van der Waals surface area (Å²) >= 11 is 0. The van der Waals surface area contributed by atoms with Crippen molar-refractivity contribution in [1.82, 2.24) is 0 Å². The van der Waals surface area contributed by atoms with Crippen LogP contribution in [0.5, 0.6) is 0 Å². The Labute approximate surface area is 128 Å². The smallest absolute Gasteiger partial charge is 0.154 e. The normalized spacial score (nSPS) is 22.0. The maximum atomic E-state index is 10.9. The molecule has 2 heteroatoms. The van der Waals surface area contributed by atoms with Crippen LogP contribution in [0.4, 0.5) is 0 Å². The van der Waals surface area contributed by atoms with E-state index >= 15 is 0 Å². The average molecular weight is 288 g/mol. The Hall–Kier alpha value is -1.15. The summed E-state index contributed by atoms with van der Waals surface area (Å²) < 4.78 is 5.24. The van der Waals surface area contributed by atoms with E-state index in [1.807, 2.05) is 0 Å². The van der Waals surface area contributed by atoms with E-state index in [0.717, 1.165) is 19.1 Å². The second-order valence-corrected chi connectivity index (χ2v) is 6.34. The molecule has 0 spiro atoms. The van der Waals surface area contributed by atoms with Crippen LogP contribution < -0.4 is 0 Å². The van der Waals surface area contributed by atoms with E-state index in [4.69, 9.17) is 4.74 Å². The molecule has 2 unspecified atom stereocenters. The molecule has 0 saturated carbocycles. The second kappa shape index (κ2) is 7.74. The lowest BCUT2D eigenvalue weighted by molar-refractivity contribution is -0.112. The van der Waals surface area contributed by atoms with Crippen molar-refractivity contribution in [2.24, 2.45) is 0 Å². The van der Waals surface area contributed by atoms with Gasteiger partial charge in [0.05, 0.1) is 6.61 Å². The first-order chi connectivity index (χ1) is 10.2. The molecule has 0 radical (unpaired) electrons. The highest BCUT2D eigenvalue weighted by atomic mass is 16.6. The van der Waals surface area contributed by atoms with Crippen molar-refractivity contribution in [3.63, 3.8) is 0 Å². The molecule has 0 bridgehead atoms. The van der Waals surface area contributed by atoms with Crippen LogP contribution in [0.15, 0.2) is 24.3 Å². The summed E-state index contributed by atoms with van der Waals surface area (Å²) in [5, 5.41) is 0. The third-order valence-corrected chi connectivity index (χ3v) is 4.56. The average Bonchev–Trinajstić information content (AvgIpc) is 3.31. The molecule has 1 fully saturated rings. The molecule has 116 valence electrons. The molecule has 2 rings (SSSR count). The Morgan fingerprint density at radius 3 is 2.43 bits per heavy atom. The van der Waals surface area contributed by atoms with Gasteiger partial charge in [0.25, 0.3) is 0 Å². The molecule has 1 aromatic rings. The van der Waals surface area contributed by atoms with Crippen LogP contribution in [0.2, 0.25) is 0 Å². The largest absolute Gasteiger partial charge is 0.362 e. The van der Waals surface area contributed by atoms with Crippen LogP contribution in [0.25, 0.3) is 0 Å². The third-order valence-electron chi connectivity index (χ3n) is 4.56. The van der Waals surface area contributed by atoms with Crippen molar-refractivity contribution < 1.29 is 9.53 Å². The zero-order chi connectivity index (χ0) is 15.1. The quantitative estimate of drug-likeness (QED) is 0.463. The number of carbonyl (C=O) groups excluding carboxylic acids is 1. The van der Waals surface area contributed by atoms with Gasteiger partial charge in [-0.15, -0.1) is 0 Å². The van der Waals surface area contributed by atoms with Gasteiger partial charge in [-0.05, 0) is 42.7 Å². The minimum atomic E-state index is -0.454. The number of aldehydes is 1. The highest BCUT2D eigenvalue weighted by Crippen LogP contribution is 2.31. The molecule has 1 heterocycles. The Bertz CT molecular complexity index is 431. The zero-order valence-electron chi connectivity index (χ0n) is 13.4. The van der Waals surface area contributed by atoms with Gasteiger partial charge >= 0.3 is 0 Å². The molecular formula is C19H28O2. The number of epoxide rings is 1. The van der Waals surface area contributed by atoms with Crippen LogP contribution in [-0.2, 0) is 16.0 Å². The number of unbranched alkanes of at least 4 members (excludes halogenated alkanes) is 1. The second-order valence-electron chi connectivity index (χ2n) is 6.34. The molecule has 21 heavy (non-hydrogen) atoms. The van der Waals surface area contributed by atoms with E-state index in [-0.39, 0.29) is 0 Å². The highest BCUT2D eigenvalue weighted by molar-refractivity contribution is 5.66. The van der Waals surface area contributed by atoms with Gasteiger partial charge in [-0.1, -0.05) is 57.4 Å². The van der Waals surface area contributed by atoms with E-state index in [2.05, 4.69) is 38.1 Å². The monoisotopic (exact) mass is 288 g/mol. The molecule has 0 amide bonds. The molecule has 2 nitrogen and oxygen atoms in total. The van der Waals surface area contributed by atoms with E-state index in [9.17, 15) is 4.79 Å². The van der Waals surface area contributed by atoms with Gasteiger partial charge in [-0.2, -0.15) is 0 Å². The lowest BCUT2D eigenvalue weighted by Crippen LogP contribution is -2.13. The fourth-order valence-corrected chi connectivity index (χ4v) is 2.95. The SMILES string of the molecule is CCCCC(CCC)c1ccc(CCC2(C=O)CO2)cc1. The van der Waals surface area contributed by atoms with Gasteiger partial charge in [-0.3, -0.25) is 0 Å². The summed E-state index contributed by atoms with van der Waals surface area (Å²) in [6.45, 7) is 5.13. The standard InChI is InChI=1S/C19H28O2/c1-3-5-7-17(6-4-2)18-10-8-16(9-11-18)12-13-19(14-20)15-21-19/h8-11,14,17H,3-7,12-13,15H2,1-2H3.